The molecule has 1 fully saturated rings. The number of carbonyl (C=O) groups is 1. The number of amides is 1. The number of nitrogens with zero attached hydrogens (tertiary/aromatic N) is 1. The molecule has 1 N–H and O–H groups in total. The Morgan fingerprint density at radius 2 is 2.11 bits per heavy atom. The average Bonchev–Trinajstić information content (AvgIpc) is 2.93. The molecule has 0 radical (unpaired) electrons. The van der Waals surface area contributed by atoms with Crippen molar-refractivity contribution in [2.75, 3.05) is 13.6 Å². The normalized spacial score (nSPS) is 22.4. The summed E-state index contributed by atoms with van der Waals surface area (Å²) in [5.74, 6) is 0.174. The van der Waals surface area contributed by atoms with E-state index in [0.29, 0.717) is 12.6 Å². The first-order valence-corrected chi connectivity index (χ1v) is 7.85. The second-order valence-corrected chi connectivity index (χ2v) is 6.17. The van der Waals surface area contributed by atoms with Crippen molar-refractivity contribution in [3.8, 4) is 0 Å². The molecule has 2 aliphatic rings. The summed E-state index contributed by atoms with van der Waals surface area (Å²) in [6, 6.07) is 0.833. The smallest absolute Gasteiger partial charge is 0.234 e. The summed E-state index contributed by atoms with van der Waals surface area (Å²) in [5.41, 5.74) is 1.42. The van der Waals surface area contributed by atoms with Crippen molar-refractivity contribution in [2.24, 2.45) is 0 Å². The summed E-state index contributed by atoms with van der Waals surface area (Å²) < 4.78 is 0. The Balaban J connectivity index is 1.75. The minimum absolute atomic E-state index is 0.174. The van der Waals surface area contributed by atoms with E-state index in [4.69, 9.17) is 0 Å². The lowest BCUT2D eigenvalue weighted by molar-refractivity contribution is -0.122. The lowest BCUT2D eigenvalue weighted by Crippen LogP contribution is -2.43. The standard InChI is InChI=1S/C16H28N2O/c1-13(14-8-4-3-5-9-14)17-16(19)12-18(2)15-10-6-7-11-15/h8,13,15H,3-7,9-12H2,1-2H3,(H,17,19). The monoisotopic (exact) mass is 264 g/mol. The predicted octanol–water partition coefficient (Wildman–Crippen LogP) is 2.87. The van der Waals surface area contributed by atoms with E-state index in [2.05, 4.69) is 30.3 Å². The van der Waals surface area contributed by atoms with Gasteiger partial charge in [-0.25, -0.2) is 0 Å². The van der Waals surface area contributed by atoms with E-state index in [0.717, 1.165) is 6.42 Å². The van der Waals surface area contributed by atoms with Gasteiger partial charge in [0.1, 0.15) is 0 Å². The number of hydrogen-bond donors (Lipinski definition) is 1. The molecule has 1 saturated carbocycles. The average molecular weight is 264 g/mol. The van der Waals surface area contributed by atoms with Crippen LogP contribution in [0.5, 0.6) is 0 Å². The lowest BCUT2D eigenvalue weighted by Gasteiger charge is -2.25. The maximum absolute atomic E-state index is 12.1. The van der Waals surface area contributed by atoms with Gasteiger partial charge < -0.3 is 5.32 Å². The Hall–Kier alpha value is -0.830. The zero-order chi connectivity index (χ0) is 13.7. The zero-order valence-electron chi connectivity index (χ0n) is 12.5. The topological polar surface area (TPSA) is 32.3 Å². The number of carbonyl (C=O) groups excluding carboxylic acids is 1. The van der Waals surface area contributed by atoms with Crippen LogP contribution in [0.4, 0.5) is 0 Å². The largest absolute Gasteiger partial charge is 0.349 e. The molecule has 3 nitrogen and oxygen atoms in total. The highest BCUT2D eigenvalue weighted by atomic mass is 16.2. The van der Waals surface area contributed by atoms with Crippen LogP contribution in [-0.4, -0.2) is 36.5 Å². The van der Waals surface area contributed by atoms with Crippen LogP contribution in [0.15, 0.2) is 11.6 Å². The molecule has 1 unspecified atom stereocenters. The maximum atomic E-state index is 12.1. The van der Waals surface area contributed by atoms with Crippen LogP contribution in [0.3, 0.4) is 0 Å². The molecule has 19 heavy (non-hydrogen) atoms. The van der Waals surface area contributed by atoms with Crippen molar-refractivity contribution in [1.82, 2.24) is 10.2 Å². The molecule has 1 atom stereocenters. The molecule has 0 saturated heterocycles. The van der Waals surface area contributed by atoms with E-state index >= 15 is 0 Å². The van der Waals surface area contributed by atoms with Gasteiger partial charge in [0.15, 0.2) is 0 Å². The molecule has 108 valence electrons. The molecule has 0 spiro atoms. The van der Waals surface area contributed by atoms with Crippen LogP contribution in [0.2, 0.25) is 0 Å². The molecule has 2 rings (SSSR count). The van der Waals surface area contributed by atoms with Crippen LogP contribution >= 0.6 is 0 Å². The first-order valence-electron chi connectivity index (χ1n) is 7.85. The highest BCUT2D eigenvalue weighted by Gasteiger charge is 2.22. The third kappa shape index (κ3) is 4.34. The molecule has 0 aromatic carbocycles. The second-order valence-electron chi connectivity index (χ2n) is 6.17. The van der Waals surface area contributed by atoms with Crippen molar-refractivity contribution in [3.63, 3.8) is 0 Å². The highest BCUT2D eigenvalue weighted by molar-refractivity contribution is 5.78. The van der Waals surface area contributed by atoms with Gasteiger partial charge in [-0.1, -0.05) is 24.5 Å². The number of allylic oxidation sites excluding steroid dienone is 1. The Morgan fingerprint density at radius 3 is 2.74 bits per heavy atom. The van der Waals surface area contributed by atoms with Crippen LogP contribution < -0.4 is 5.32 Å². The number of hydrogen-bond acceptors (Lipinski definition) is 2. The summed E-state index contributed by atoms with van der Waals surface area (Å²) in [7, 11) is 2.08. The van der Waals surface area contributed by atoms with Gasteiger partial charge in [-0.2, -0.15) is 0 Å². The maximum Gasteiger partial charge on any atom is 0.234 e. The molecule has 0 aromatic heterocycles. The predicted molar refractivity (Wildman–Crippen MR) is 79.0 cm³/mol. The third-order valence-electron chi connectivity index (χ3n) is 4.60. The van der Waals surface area contributed by atoms with E-state index < -0.39 is 0 Å². The first kappa shape index (κ1) is 14.6. The molecular formula is C16H28N2O. The van der Waals surface area contributed by atoms with Crippen molar-refractivity contribution < 1.29 is 4.79 Å². The molecule has 0 bridgehead atoms. The van der Waals surface area contributed by atoms with Gasteiger partial charge in [-0.3, -0.25) is 9.69 Å². The van der Waals surface area contributed by atoms with Crippen molar-refractivity contribution >= 4 is 5.91 Å². The fourth-order valence-electron chi connectivity index (χ4n) is 3.34. The SMILES string of the molecule is CC(NC(=O)CN(C)C1CCCC1)C1=CCCCC1. The third-order valence-corrected chi connectivity index (χ3v) is 4.60. The Bertz CT molecular complexity index is 332. The van der Waals surface area contributed by atoms with Crippen LogP contribution in [0.25, 0.3) is 0 Å². The van der Waals surface area contributed by atoms with Crippen molar-refractivity contribution in [2.45, 2.75) is 70.4 Å². The molecular weight excluding hydrogens is 236 g/mol. The van der Waals surface area contributed by atoms with Crippen molar-refractivity contribution in [3.05, 3.63) is 11.6 Å². The van der Waals surface area contributed by atoms with Crippen LogP contribution in [-0.2, 0) is 4.79 Å². The van der Waals surface area contributed by atoms with Gasteiger partial charge in [0, 0.05) is 12.1 Å². The fraction of sp³-hybridized carbons (Fsp3) is 0.812. The minimum atomic E-state index is 0.174. The number of rotatable bonds is 5. The Labute approximate surface area is 117 Å². The van der Waals surface area contributed by atoms with Gasteiger partial charge in [-0.15, -0.1) is 0 Å². The summed E-state index contributed by atoms with van der Waals surface area (Å²) in [5, 5.41) is 3.16. The molecule has 2 aliphatic carbocycles. The van der Waals surface area contributed by atoms with Crippen molar-refractivity contribution in [1.29, 1.82) is 0 Å². The summed E-state index contributed by atoms with van der Waals surface area (Å²) in [6.45, 7) is 2.66. The summed E-state index contributed by atoms with van der Waals surface area (Å²) in [6.07, 6.45) is 12.4. The first-order chi connectivity index (χ1) is 9.16. The summed E-state index contributed by atoms with van der Waals surface area (Å²) >= 11 is 0. The van der Waals surface area contributed by atoms with Gasteiger partial charge in [-0.05, 0) is 52.5 Å². The molecule has 0 aliphatic heterocycles. The van der Waals surface area contributed by atoms with Crippen LogP contribution in [0, 0.1) is 0 Å². The van der Waals surface area contributed by atoms with E-state index in [-0.39, 0.29) is 11.9 Å². The Kier molecular flexibility index (Phi) is 5.44. The highest BCUT2D eigenvalue weighted by Crippen LogP contribution is 2.22. The van der Waals surface area contributed by atoms with Gasteiger partial charge in [0.25, 0.3) is 0 Å². The van der Waals surface area contributed by atoms with E-state index in [9.17, 15) is 4.79 Å². The van der Waals surface area contributed by atoms with Gasteiger partial charge in [0.2, 0.25) is 5.91 Å². The zero-order valence-corrected chi connectivity index (χ0v) is 12.5. The van der Waals surface area contributed by atoms with E-state index in [1.165, 1.54) is 50.5 Å². The molecule has 1 amide bonds. The fourth-order valence-corrected chi connectivity index (χ4v) is 3.34. The van der Waals surface area contributed by atoms with E-state index in [1.807, 2.05) is 0 Å². The van der Waals surface area contributed by atoms with E-state index in [1.54, 1.807) is 0 Å². The quantitative estimate of drug-likeness (QED) is 0.774. The minimum Gasteiger partial charge on any atom is -0.349 e. The molecule has 0 heterocycles. The Morgan fingerprint density at radius 1 is 1.37 bits per heavy atom. The van der Waals surface area contributed by atoms with Crippen LogP contribution in [0.1, 0.15) is 58.3 Å². The number of likely N-dealkylation sites (N-methyl/N-ethyl adjacent to an activating group) is 1. The van der Waals surface area contributed by atoms with Gasteiger partial charge >= 0.3 is 0 Å². The second kappa shape index (κ2) is 7.09. The molecule has 3 heteroatoms. The van der Waals surface area contributed by atoms with Gasteiger partial charge in [0.05, 0.1) is 6.54 Å². The molecule has 0 aromatic rings. The summed E-state index contributed by atoms with van der Waals surface area (Å²) in [4.78, 5) is 14.3. The lowest BCUT2D eigenvalue weighted by atomic mass is 9.95. The number of nitrogens with one attached hydrogen (secondary N) is 1.